The van der Waals surface area contributed by atoms with Crippen LogP contribution in [-0.4, -0.2) is 31.5 Å². The molecule has 29 heavy (non-hydrogen) atoms. The summed E-state index contributed by atoms with van der Waals surface area (Å²) in [5.41, 5.74) is 1.92. The number of carbonyl (C=O) groups excluding carboxylic acids is 2. The second kappa shape index (κ2) is 8.72. The normalized spacial score (nSPS) is 11.1. The molecule has 0 saturated heterocycles. The number of hydrogen-bond donors (Lipinski definition) is 2. The lowest BCUT2D eigenvalue weighted by molar-refractivity contribution is -0.124. The molecule has 0 aliphatic carbocycles. The van der Waals surface area contributed by atoms with Crippen LogP contribution in [-0.2, 0) is 26.1 Å². The van der Waals surface area contributed by atoms with Crippen molar-refractivity contribution in [3.05, 3.63) is 84.2 Å². The first-order valence-electron chi connectivity index (χ1n) is 8.62. The van der Waals surface area contributed by atoms with Crippen LogP contribution >= 0.6 is 0 Å². The Kier molecular flexibility index (Phi) is 6.10. The number of benzene rings is 2. The number of ether oxygens (including phenoxy) is 1. The van der Waals surface area contributed by atoms with E-state index in [1.54, 1.807) is 36.4 Å². The van der Waals surface area contributed by atoms with Crippen LogP contribution in [0.5, 0.6) is 0 Å². The van der Waals surface area contributed by atoms with Gasteiger partial charge >= 0.3 is 5.97 Å². The van der Waals surface area contributed by atoms with E-state index >= 15 is 0 Å². The van der Waals surface area contributed by atoms with Gasteiger partial charge in [0.25, 0.3) is 5.91 Å². The van der Waals surface area contributed by atoms with Gasteiger partial charge in [0.2, 0.25) is 10.0 Å². The van der Waals surface area contributed by atoms with E-state index in [1.807, 2.05) is 29.1 Å². The highest BCUT2D eigenvalue weighted by Gasteiger charge is 2.11. The summed E-state index contributed by atoms with van der Waals surface area (Å²) >= 11 is 0. The van der Waals surface area contributed by atoms with Gasteiger partial charge in [0.15, 0.2) is 6.61 Å². The van der Waals surface area contributed by atoms with Crippen LogP contribution in [0.15, 0.2) is 78.0 Å². The Bertz CT molecular complexity index is 1090. The van der Waals surface area contributed by atoms with Crippen LogP contribution in [0.25, 0.3) is 5.69 Å². The molecule has 9 heteroatoms. The monoisotopic (exact) mass is 413 g/mol. The van der Waals surface area contributed by atoms with Gasteiger partial charge in [-0.1, -0.05) is 12.1 Å². The van der Waals surface area contributed by atoms with E-state index in [0.717, 1.165) is 5.69 Å². The number of nitrogens with one attached hydrogen (secondary N) is 1. The van der Waals surface area contributed by atoms with E-state index in [2.05, 4.69) is 5.32 Å². The number of hydrogen-bond acceptors (Lipinski definition) is 5. The summed E-state index contributed by atoms with van der Waals surface area (Å²) in [6, 6.07) is 16.4. The fraction of sp³-hybridized carbons (Fsp3) is 0.100. The van der Waals surface area contributed by atoms with E-state index in [0.29, 0.717) is 11.1 Å². The van der Waals surface area contributed by atoms with Crippen molar-refractivity contribution in [1.29, 1.82) is 0 Å². The average molecular weight is 413 g/mol. The molecule has 8 nitrogen and oxygen atoms in total. The molecule has 0 bridgehead atoms. The van der Waals surface area contributed by atoms with E-state index in [-0.39, 0.29) is 11.4 Å². The molecule has 3 rings (SSSR count). The molecule has 3 aromatic rings. The summed E-state index contributed by atoms with van der Waals surface area (Å²) in [6.45, 7) is -0.264. The van der Waals surface area contributed by atoms with Crippen molar-refractivity contribution in [3.8, 4) is 5.69 Å². The van der Waals surface area contributed by atoms with Crippen LogP contribution in [0.1, 0.15) is 15.9 Å². The molecule has 0 saturated carbocycles. The number of primary sulfonamides is 1. The predicted octanol–water partition coefficient (Wildman–Crippen LogP) is 1.60. The molecule has 0 atom stereocenters. The second-order valence-electron chi connectivity index (χ2n) is 6.18. The number of amides is 1. The first-order valence-corrected chi connectivity index (χ1v) is 10.2. The van der Waals surface area contributed by atoms with Crippen LogP contribution in [0.3, 0.4) is 0 Å². The molecule has 0 aliphatic heterocycles. The van der Waals surface area contributed by atoms with E-state index in [4.69, 9.17) is 9.88 Å². The number of aromatic nitrogens is 1. The molecule has 0 radical (unpaired) electrons. The zero-order valence-electron chi connectivity index (χ0n) is 15.3. The molecular weight excluding hydrogens is 394 g/mol. The fourth-order valence-corrected chi connectivity index (χ4v) is 3.05. The molecule has 3 N–H and O–H groups in total. The summed E-state index contributed by atoms with van der Waals surface area (Å²) in [5, 5.41) is 7.62. The summed E-state index contributed by atoms with van der Waals surface area (Å²) in [6.07, 6.45) is 3.78. The Balaban J connectivity index is 1.47. The maximum atomic E-state index is 12.1. The number of carbonyl (C=O) groups is 2. The maximum Gasteiger partial charge on any atom is 0.338 e. The number of nitrogens with two attached hydrogens (primary N) is 1. The van der Waals surface area contributed by atoms with Crippen molar-refractivity contribution in [2.45, 2.75) is 11.4 Å². The molecule has 0 aliphatic rings. The third-order valence-electron chi connectivity index (χ3n) is 4.08. The number of sulfonamides is 1. The molecule has 0 unspecified atom stereocenters. The van der Waals surface area contributed by atoms with Gasteiger partial charge in [-0.15, -0.1) is 0 Å². The van der Waals surface area contributed by atoms with Crippen molar-refractivity contribution < 1.29 is 22.7 Å². The van der Waals surface area contributed by atoms with Gasteiger partial charge < -0.3 is 14.6 Å². The lowest BCUT2D eigenvalue weighted by atomic mass is 10.2. The molecule has 1 amide bonds. The molecule has 2 aromatic carbocycles. The lowest BCUT2D eigenvalue weighted by Crippen LogP contribution is -2.28. The van der Waals surface area contributed by atoms with E-state index in [9.17, 15) is 18.0 Å². The molecule has 0 spiro atoms. The topological polar surface area (TPSA) is 120 Å². The first-order chi connectivity index (χ1) is 13.8. The summed E-state index contributed by atoms with van der Waals surface area (Å²) in [5.74, 6) is -1.07. The standard InChI is InChI=1S/C20H19N3O5S/c21-29(26,27)18-9-3-15(4-10-18)13-22-19(24)14-28-20(25)16-5-7-17(8-6-16)23-11-1-2-12-23/h1-12H,13-14H2,(H,22,24)(H2,21,26,27). The van der Waals surface area contributed by atoms with Gasteiger partial charge in [0.1, 0.15) is 0 Å². The minimum atomic E-state index is -3.76. The Hall–Kier alpha value is -3.43. The third-order valence-corrected chi connectivity index (χ3v) is 5.01. The van der Waals surface area contributed by atoms with E-state index < -0.39 is 28.5 Å². The van der Waals surface area contributed by atoms with Crippen LogP contribution < -0.4 is 10.5 Å². The minimum absolute atomic E-state index is 0.00991. The summed E-state index contributed by atoms with van der Waals surface area (Å²) in [7, 11) is -3.76. The van der Waals surface area contributed by atoms with Crippen LogP contribution in [0.4, 0.5) is 0 Å². The highest BCUT2D eigenvalue weighted by atomic mass is 32.2. The van der Waals surface area contributed by atoms with E-state index in [1.165, 1.54) is 12.1 Å². The Morgan fingerprint density at radius 2 is 1.59 bits per heavy atom. The van der Waals surface area contributed by atoms with Gasteiger partial charge in [-0.3, -0.25) is 4.79 Å². The van der Waals surface area contributed by atoms with Gasteiger partial charge in [-0.05, 0) is 54.1 Å². The SMILES string of the molecule is NS(=O)(=O)c1ccc(CNC(=O)COC(=O)c2ccc(-n3cccc3)cc2)cc1. The third kappa shape index (κ3) is 5.53. The molecule has 150 valence electrons. The van der Waals surface area contributed by atoms with Crippen molar-refractivity contribution in [2.75, 3.05) is 6.61 Å². The smallest absolute Gasteiger partial charge is 0.338 e. The quantitative estimate of drug-likeness (QED) is 0.570. The van der Waals surface area contributed by atoms with Crippen molar-refractivity contribution in [1.82, 2.24) is 9.88 Å². The van der Waals surface area contributed by atoms with Crippen molar-refractivity contribution in [3.63, 3.8) is 0 Å². The molecule has 1 aromatic heterocycles. The Morgan fingerprint density at radius 1 is 0.966 bits per heavy atom. The zero-order chi connectivity index (χ0) is 20.9. The zero-order valence-corrected chi connectivity index (χ0v) is 16.1. The van der Waals surface area contributed by atoms with Crippen LogP contribution in [0, 0.1) is 0 Å². The summed E-state index contributed by atoms with van der Waals surface area (Å²) in [4.78, 5) is 23.9. The average Bonchev–Trinajstić information content (AvgIpc) is 3.25. The molecule has 1 heterocycles. The van der Waals surface area contributed by atoms with Gasteiger partial charge in [0.05, 0.1) is 10.5 Å². The largest absolute Gasteiger partial charge is 0.452 e. The number of nitrogens with zero attached hydrogens (tertiary/aromatic N) is 1. The van der Waals surface area contributed by atoms with Crippen molar-refractivity contribution in [2.24, 2.45) is 5.14 Å². The van der Waals surface area contributed by atoms with Crippen molar-refractivity contribution >= 4 is 21.9 Å². The van der Waals surface area contributed by atoms with Crippen LogP contribution in [0.2, 0.25) is 0 Å². The number of rotatable bonds is 7. The molecular formula is C20H19N3O5S. The highest BCUT2D eigenvalue weighted by molar-refractivity contribution is 7.89. The maximum absolute atomic E-state index is 12.1. The van der Waals surface area contributed by atoms with Gasteiger partial charge in [0, 0.05) is 24.6 Å². The van der Waals surface area contributed by atoms with Gasteiger partial charge in [-0.2, -0.15) is 0 Å². The Morgan fingerprint density at radius 3 is 2.17 bits per heavy atom. The fourth-order valence-electron chi connectivity index (χ4n) is 2.54. The Labute approximate surface area is 168 Å². The number of esters is 1. The van der Waals surface area contributed by atoms with Gasteiger partial charge in [-0.25, -0.2) is 18.4 Å². The minimum Gasteiger partial charge on any atom is -0.452 e. The summed E-state index contributed by atoms with van der Waals surface area (Å²) < 4.78 is 29.3. The predicted molar refractivity (Wildman–Crippen MR) is 106 cm³/mol. The lowest BCUT2D eigenvalue weighted by Gasteiger charge is -2.08. The second-order valence-corrected chi connectivity index (χ2v) is 7.74. The highest BCUT2D eigenvalue weighted by Crippen LogP contribution is 2.11. The molecule has 0 fully saturated rings. The first kappa shape index (κ1) is 20.3.